The molecule has 2 N–H and O–H groups in total. The number of hydrogen-bond acceptors (Lipinski definition) is 3. The van der Waals surface area contributed by atoms with Gasteiger partial charge in [-0.3, -0.25) is 9.69 Å². The summed E-state index contributed by atoms with van der Waals surface area (Å²) in [6.07, 6.45) is 1.39. The summed E-state index contributed by atoms with van der Waals surface area (Å²) in [6, 6.07) is -0.0718. The van der Waals surface area contributed by atoms with E-state index in [1.54, 1.807) is 7.05 Å². The minimum atomic E-state index is -0.173. The van der Waals surface area contributed by atoms with Crippen molar-refractivity contribution in [1.29, 1.82) is 0 Å². The topological polar surface area (TPSA) is 52.6 Å². The van der Waals surface area contributed by atoms with E-state index in [-0.39, 0.29) is 18.1 Å². The molecular formula is C9H18N2O2. The third-order valence-electron chi connectivity index (χ3n) is 2.67. The number of likely N-dealkylation sites (N-methyl/N-ethyl adjacent to an activating group) is 1. The molecule has 1 saturated heterocycles. The fourth-order valence-corrected chi connectivity index (χ4v) is 1.65. The van der Waals surface area contributed by atoms with Gasteiger partial charge in [-0.2, -0.15) is 0 Å². The molecule has 0 aliphatic carbocycles. The van der Waals surface area contributed by atoms with E-state index >= 15 is 0 Å². The van der Waals surface area contributed by atoms with E-state index in [4.69, 9.17) is 0 Å². The van der Waals surface area contributed by atoms with Crippen molar-refractivity contribution in [3.8, 4) is 0 Å². The summed E-state index contributed by atoms with van der Waals surface area (Å²) in [5, 5.41) is 11.9. The molecule has 1 aliphatic heterocycles. The van der Waals surface area contributed by atoms with Crippen molar-refractivity contribution < 1.29 is 9.90 Å². The molecule has 0 aromatic rings. The number of piperidine rings is 1. The molecule has 0 bridgehead atoms. The van der Waals surface area contributed by atoms with Gasteiger partial charge in [0.05, 0.1) is 12.1 Å². The van der Waals surface area contributed by atoms with Crippen LogP contribution >= 0.6 is 0 Å². The Morgan fingerprint density at radius 2 is 2.08 bits per heavy atom. The molecule has 4 heteroatoms. The molecule has 1 heterocycles. The van der Waals surface area contributed by atoms with Crippen molar-refractivity contribution in [3.05, 3.63) is 0 Å². The van der Waals surface area contributed by atoms with Crippen molar-refractivity contribution in [1.82, 2.24) is 10.2 Å². The zero-order chi connectivity index (χ0) is 9.84. The number of aliphatic hydroxyl groups excluding tert-OH is 1. The standard InChI is InChI=1S/C9H18N2O2/c1-7(9(13)10-2)11-5-3-8(12)4-6-11/h7-8,12H,3-6H2,1-2H3,(H,10,13)/t7-/m0/s1. The number of nitrogens with one attached hydrogen (secondary N) is 1. The average Bonchev–Trinajstić information content (AvgIpc) is 2.17. The molecule has 76 valence electrons. The van der Waals surface area contributed by atoms with Gasteiger partial charge in [-0.05, 0) is 19.8 Å². The van der Waals surface area contributed by atoms with Crippen LogP contribution in [0.2, 0.25) is 0 Å². The minimum Gasteiger partial charge on any atom is -0.393 e. The van der Waals surface area contributed by atoms with Gasteiger partial charge in [-0.1, -0.05) is 0 Å². The van der Waals surface area contributed by atoms with Gasteiger partial charge < -0.3 is 10.4 Å². The number of hydrogen-bond donors (Lipinski definition) is 2. The van der Waals surface area contributed by atoms with Crippen LogP contribution in [0.3, 0.4) is 0 Å². The Labute approximate surface area is 78.9 Å². The van der Waals surface area contributed by atoms with E-state index in [9.17, 15) is 9.90 Å². The first-order chi connectivity index (χ1) is 6.15. The summed E-state index contributed by atoms with van der Waals surface area (Å²) in [4.78, 5) is 13.4. The van der Waals surface area contributed by atoms with Gasteiger partial charge in [-0.25, -0.2) is 0 Å². The van der Waals surface area contributed by atoms with E-state index in [0.29, 0.717) is 0 Å². The second-order valence-electron chi connectivity index (χ2n) is 3.56. The third kappa shape index (κ3) is 2.67. The molecular weight excluding hydrogens is 168 g/mol. The molecule has 0 aromatic carbocycles. The highest BCUT2D eigenvalue weighted by molar-refractivity contribution is 5.80. The lowest BCUT2D eigenvalue weighted by molar-refractivity contribution is -0.126. The summed E-state index contributed by atoms with van der Waals surface area (Å²) in [5.74, 6) is 0.0522. The van der Waals surface area contributed by atoms with Crippen LogP contribution in [-0.4, -0.2) is 48.2 Å². The highest BCUT2D eigenvalue weighted by atomic mass is 16.3. The number of likely N-dealkylation sites (tertiary alicyclic amines) is 1. The summed E-state index contributed by atoms with van der Waals surface area (Å²) in [5.41, 5.74) is 0. The maximum Gasteiger partial charge on any atom is 0.236 e. The largest absolute Gasteiger partial charge is 0.393 e. The zero-order valence-corrected chi connectivity index (χ0v) is 8.29. The summed E-state index contributed by atoms with van der Waals surface area (Å²) < 4.78 is 0. The number of rotatable bonds is 2. The predicted molar refractivity (Wildman–Crippen MR) is 50.3 cm³/mol. The number of nitrogens with zero attached hydrogens (tertiary/aromatic N) is 1. The molecule has 1 atom stereocenters. The lowest BCUT2D eigenvalue weighted by Gasteiger charge is -2.33. The van der Waals surface area contributed by atoms with Gasteiger partial charge in [-0.15, -0.1) is 0 Å². The molecule has 1 aliphatic rings. The highest BCUT2D eigenvalue weighted by Gasteiger charge is 2.24. The SMILES string of the molecule is CNC(=O)[C@H](C)N1CCC(O)CC1. The van der Waals surface area contributed by atoms with Crippen molar-refractivity contribution in [2.75, 3.05) is 20.1 Å². The Balaban J connectivity index is 2.39. The van der Waals surface area contributed by atoms with Crippen LogP contribution in [0.25, 0.3) is 0 Å². The van der Waals surface area contributed by atoms with Gasteiger partial charge in [0.2, 0.25) is 5.91 Å². The smallest absolute Gasteiger partial charge is 0.236 e. The van der Waals surface area contributed by atoms with Crippen molar-refractivity contribution in [2.45, 2.75) is 31.9 Å². The first kappa shape index (κ1) is 10.5. The zero-order valence-electron chi connectivity index (χ0n) is 8.29. The van der Waals surface area contributed by atoms with Crippen molar-refractivity contribution >= 4 is 5.91 Å². The van der Waals surface area contributed by atoms with Crippen LogP contribution in [0.1, 0.15) is 19.8 Å². The Kier molecular flexibility index (Phi) is 3.69. The van der Waals surface area contributed by atoms with Crippen molar-refractivity contribution in [2.24, 2.45) is 0 Å². The van der Waals surface area contributed by atoms with Crippen LogP contribution in [0, 0.1) is 0 Å². The van der Waals surface area contributed by atoms with Gasteiger partial charge in [0.15, 0.2) is 0 Å². The third-order valence-corrected chi connectivity index (χ3v) is 2.67. The van der Waals surface area contributed by atoms with Crippen LogP contribution < -0.4 is 5.32 Å². The number of carbonyl (C=O) groups is 1. The van der Waals surface area contributed by atoms with Crippen LogP contribution in [0.15, 0.2) is 0 Å². The van der Waals surface area contributed by atoms with E-state index in [2.05, 4.69) is 10.2 Å². The van der Waals surface area contributed by atoms with Crippen LogP contribution in [0.5, 0.6) is 0 Å². The molecule has 0 spiro atoms. The van der Waals surface area contributed by atoms with Gasteiger partial charge in [0, 0.05) is 20.1 Å². The molecule has 13 heavy (non-hydrogen) atoms. The Morgan fingerprint density at radius 3 is 2.54 bits per heavy atom. The Bertz CT molecular complexity index is 176. The lowest BCUT2D eigenvalue weighted by atomic mass is 10.1. The number of carbonyl (C=O) groups excluding carboxylic acids is 1. The second-order valence-corrected chi connectivity index (χ2v) is 3.56. The van der Waals surface area contributed by atoms with Crippen LogP contribution in [-0.2, 0) is 4.79 Å². The molecule has 0 aromatic heterocycles. The van der Waals surface area contributed by atoms with E-state index in [0.717, 1.165) is 25.9 Å². The van der Waals surface area contributed by atoms with E-state index < -0.39 is 0 Å². The summed E-state index contributed by atoms with van der Waals surface area (Å²) in [6.45, 7) is 3.53. The highest BCUT2D eigenvalue weighted by Crippen LogP contribution is 2.12. The number of aliphatic hydroxyl groups is 1. The fourth-order valence-electron chi connectivity index (χ4n) is 1.65. The first-order valence-corrected chi connectivity index (χ1v) is 4.79. The Morgan fingerprint density at radius 1 is 1.54 bits per heavy atom. The van der Waals surface area contributed by atoms with Gasteiger partial charge >= 0.3 is 0 Å². The maximum atomic E-state index is 11.3. The second kappa shape index (κ2) is 4.58. The molecule has 0 saturated carbocycles. The maximum absolute atomic E-state index is 11.3. The van der Waals surface area contributed by atoms with E-state index in [1.165, 1.54) is 0 Å². The number of amides is 1. The molecule has 0 radical (unpaired) electrons. The normalized spacial score (nSPS) is 22.7. The van der Waals surface area contributed by atoms with Crippen molar-refractivity contribution in [3.63, 3.8) is 0 Å². The lowest BCUT2D eigenvalue weighted by Crippen LogP contribution is -2.48. The molecule has 1 fully saturated rings. The molecule has 4 nitrogen and oxygen atoms in total. The quantitative estimate of drug-likeness (QED) is 0.615. The van der Waals surface area contributed by atoms with Gasteiger partial charge in [0.25, 0.3) is 0 Å². The molecule has 0 unspecified atom stereocenters. The van der Waals surface area contributed by atoms with E-state index in [1.807, 2.05) is 6.92 Å². The molecule has 1 amide bonds. The van der Waals surface area contributed by atoms with Gasteiger partial charge in [0.1, 0.15) is 0 Å². The predicted octanol–water partition coefficient (Wildman–Crippen LogP) is -0.422. The average molecular weight is 186 g/mol. The Hall–Kier alpha value is -0.610. The molecule has 1 rings (SSSR count). The van der Waals surface area contributed by atoms with Crippen LogP contribution in [0.4, 0.5) is 0 Å². The summed E-state index contributed by atoms with van der Waals surface area (Å²) >= 11 is 0. The minimum absolute atomic E-state index is 0.0522. The fraction of sp³-hybridized carbons (Fsp3) is 0.889. The first-order valence-electron chi connectivity index (χ1n) is 4.79. The monoisotopic (exact) mass is 186 g/mol. The summed E-state index contributed by atoms with van der Waals surface area (Å²) in [7, 11) is 1.65.